The molecule has 0 aliphatic heterocycles. The minimum absolute atomic E-state index is 0.285. The molecular formula is C15H17BrOS2. The minimum atomic E-state index is -0.285. The SMILES string of the molecule is CCc1ccc(CC(O)CSc2cccc(Br)c2)s1. The number of aryl methyl sites for hydroxylation is 1. The van der Waals surface area contributed by atoms with Gasteiger partial charge in [0, 0.05) is 31.3 Å². The number of benzene rings is 1. The molecule has 4 heteroatoms. The van der Waals surface area contributed by atoms with Crippen LogP contribution < -0.4 is 0 Å². The van der Waals surface area contributed by atoms with Crippen molar-refractivity contribution in [2.45, 2.75) is 30.8 Å². The molecule has 102 valence electrons. The van der Waals surface area contributed by atoms with E-state index >= 15 is 0 Å². The Kier molecular flexibility index (Phi) is 5.95. The zero-order valence-corrected chi connectivity index (χ0v) is 14.0. The summed E-state index contributed by atoms with van der Waals surface area (Å²) in [5.74, 6) is 0.732. The Hall–Kier alpha value is -0.290. The van der Waals surface area contributed by atoms with Crippen molar-refractivity contribution in [2.75, 3.05) is 5.75 Å². The molecule has 2 aromatic rings. The Morgan fingerprint density at radius 3 is 2.74 bits per heavy atom. The molecule has 0 fully saturated rings. The largest absolute Gasteiger partial charge is 0.392 e. The fourth-order valence-corrected chi connectivity index (χ4v) is 4.23. The molecule has 1 aromatic heterocycles. The maximum Gasteiger partial charge on any atom is 0.0682 e. The van der Waals surface area contributed by atoms with Crippen molar-refractivity contribution in [3.05, 3.63) is 50.6 Å². The first-order valence-corrected chi connectivity index (χ1v) is 8.91. The summed E-state index contributed by atoms with van der Waals surface area (Å²) in [5.41, 5.74) is 0. The molecule has 1 atom stereocenters. The van der Waals surface area contributed by atoms with Gasteiger partial charge in [-0.15, -0.1) is 23.1 Å². The second kappa shape index (κ2) is 7.48. The van der Waals surface area contributed by atoms with E-state index in [0.717, 1.165) is 23.1 Å². The first kappa shape index (κ1) is 15.1. The van der Waals surface area contributed by atoms with Crippen molar-refractivity contribution in [1.29, 1.82) is 0 Å². The van der Waals surface area contributed by atoms with Crippen LogP contribution in [0.15, 0.2) is 45.8 Å². The lowest BCUT2D eigenvalue weighted by Crippen LogP contribution is -2.12. The van der Waals surface area contributed by atoms with Gasteiger partial charge in [0.1, 0.15) is 0 Å². The van der Waals surface area contributed by atoms with E-state index in [9.17, 15) is 5.11 Å². The molecule has 1 aromatic carbocycles. The quantitative estimate of drug-likeness (QED) is 0.752. The number of thiophene rings is 1. The Labute approximate surface area is 131 Å². The second-order valence-corrected chi connectivity index (χ2v) is 7.61. The van der Waals surface area contributed by atoms with Gasteiger partial charge in [0.2, 0.25) is 0 Å². The van der Waals surface area contributed by atoms with Gasteiger partial charge in [-0.05, 0) is 36.8 Å². The molecule has 0 saturated carbocycles. The summed E-state index contributed by atoms with van der Waals surface area (Å²) in [4.78, 5) is 3.86. The number of halogens is 1. The van der Waals surface area contributed by atoms with E-state index in [1.54, 1.807) is 11.8 Å². The predicted molar refractivity (Wildman–Crippen MR) is 88.3 cm³/mol. The first-order chi connectivity index (χ1) is 9.17. The summed E-state index contributed by atoms with van der Waals surface area (Å²) in [5, 5.41) is 10.1. The van der Waals surface area contributed by atoms with Gasteiger partial charge >= 0.3 is 0 Å². The molecule has 0 aliphatic rings. The van der Waals surface area contributed by atoms with Gasteiger partial charge < -0.3 is 5.11 Å². The van der Waals surface area contributed by atoms with Gasteiger partial charge in [0.15, 0.2) is 0 Å². The van der Waals surface area contributed by atoms with E-state index in [-0.39, 0.29) is 6.10 Å². The number of aliphatic hydroxyl groups is 1. The lowest BCUT2D eigenvalue weighted by molar-refractivity contribution is 0.201. The van der Waals surface area contributed by atoms with Crippen LogP contribution in [-0.2, 0) is 12.8 Å². The maximum atomic E-state index is 10.1. The third-order valence-electron chi connectivity index (χ3n) is 2.74. The van der Waals surface area contributed by atoms with Gasteiger partial charge in [0.25, 0.3) is 0 Å². The van der Waals surface area contributed by atoms with Crippen LogP contribution in [0.4, 0.5) is 0 Å². The van der Waals surface area contributed by atoms with Gasteiger partial charge in [-0.2, -0.15) is 0 Å². The maximum absolute atomic E-state index is 10.1. The van der Waals surface area contributed by atoms with E-state index in [1.807, 2.05) is 23.5 Å². The molecule has 0 radical (unpaired) electrons. The fraction of sp³-hybridized carbons (Fsp3) is 0.333. The Balaban J connectivity index is 1.82. The van der Waals surface area contributed by atoms with Crippen molar-refractivity contribution >= 4 is 39.0 Å². The fourth-order valence-electron chi connectivity index (χ4n) is 1.76. The molecule has 1 unspecified atom stereocenters. The molecule has 1 N–H and O–H groups in total. The van der Waals surface area contributed by atoms with Crippen LogP contribution in [0.25, 0.3) is 0 Å². The molecule has 1 nitrogen and oxygen atoms in total. The normalized spacial score (nSPS) is 12.6. The first-order valence-electron chi connectivity index (χ1n) is 6.31. The van der Waals surface area contributed by atoms with Gasteiger partial charge in [-0.3, -0.25) is 0 Å². The highest BCUT2D eigenvalue weighted by atomic mass is 79.9. The topological polar surface area (TPSA) is 20.2 Å². The summed E-state index contributed by atoms with van der Waals surface area (Å²) in [7, 11) is 0. The zero-order valence-electron chi connectivity index (χ0n) is 10.8. The van der Waals surface area contributed by atoms with E-state index in [4.69, 9.17) is 0 Å². The van der Waals surface area contributed by atoms with Crippen LogP contribution in [0.3, 0.4) is 0 Å². The van der Waals surface area contributed by atoms with Gasteiger partial charge in [0.05, 0.1) is 6.10 Å². The van der Waals surface area contributed by atoms with E-state index in [0.29, 0.717) is 0 Å². The van der Waals surface area contributed by atoms with Crippen LogP contribution in [0.2, 0.25) is 0 Å². The predicted octanol–water partition coefficient (Wildman–Crippen LogP) is 4.77. The zero-order chi connectivity index (χ0) is 13.7. The van der Waals surface area contributed by atoms with E-state index in [2.05, 4.69) is 47.1 Å². The highest BCUT2D eigenvalue weighted by Crippen LogP contribution is 2.24. The van der Waals surface area contributed by atoms with Crippen molar-refractivity contribution in [3.8, 4) is 0 Å². The van der Waals surface area contributed by atoms with Crippen molar-refractivity contribution in [1.82, 2.24) is 0 Å². The van der Waals surface area contributed by atoms with Crippen molar-refractivity contribution in [2.24, 2.45) is 0 Å². The highest BCUT2D eigenvalue weighted by molar-refractivity contribution is 9.10. The average Bonchev–Trinajstić information content (AvgIpc) is 2.84. The average molecular weight is 357 g/mol. The standard InChI is InChI=1S/C15H17BrOS2/c1-2-13-6-7-15(19-13)9-12(17)10-18-14-5-3-4-11(16)8-14/h3-8,12,17H,2,9-10H2,1H3. The van der Waals surface area contributed by atoms with Gasteiger partial charge in [-0.1, -0.05) is 28.9 Å². The third kappa shape index (κ3) is 4.95. The Morgan fingerprint density at radius 1 is 1.26 bits per heavy atom. The number of hydrogen-bond donors (Lipinski definition) is 1. The van der Waals surface area contributed by atoms with Crippen LogP contribution >= 0.6 is 39.0 Å². The van der Waals surface area contributed by atoms with Crippen molar-refractivity contribution < 1.29 is 5.11 Å². The van der Waals surface area contributed by atoms with Crippen LogP contribution in [-0.4, -0.2) is 17.0 Å². The molecule has 0 saturated heterocycles. The number of aliphatic hydroxyl groups excluding tert-OH is 1. The summed E-state index contributed by atoms with van der Waals surface area (Å²) in [6.45, 7) is 2.16. The monoisotopic (exact) mass is 356 g/mol. The van der Waals surface area contributed by atoms with Crippen molar-refractivity contribution in [3.63, 3.8) is 0 Å². The Morgan fingerprint density at radius 2 is 2.05 bits per heavy atom. The van der Waals surface area contributed by atoms with Crippen LogP contribution in [0, 0.1) is 0 Å². The van der Waals surface area contributed by atoms with E-state index < -0.39 is 0 Å². The summed E-state index contributed by atoms with van der Waals surface area (Å²) in [6.07, 6.45) is 1.55. The summed E-state index contributed by atoms with van der Waals surface area (Å²) >= 11 is 6.97. The minimum Gasteiger partial charge on any atom is -0.392 e. The molecule has 0 amide bonds. The summed E-state index contributed by atoms with van der Waals surface area (Å²) in [6, 6.07) is 12.5. The van der Waals surface area contributed by atoms with E-state index in [1.165, 1.54) is 14.6 Å². The third-order valence-corrected chi connectivity index (χ3v) is 5.62. The van der Waals surface area contributed by atoms with Gasteiger partial charge in [-0.25, -0.2) is 0 Å². The van der Waals surface area contributed by atoms with Crippen LogP contribution in [0.1, 0.15) is 16.7 Å². The molecule has 0 spiro atoms. The number of thioether (sulfide) groups is 1. The molecule has 0 bridgehead atoms. The molecule has 2 rings (SSSR count). The highest BCUT2D eigenvalue weighted by Gasteiger charge is 2.08. The molecule has 0 aliphatic carbocycles. The second-order valence-electron chi connectivity index (χ2n) is 4.35. The van der Waals surface area contributed by atoms with Crippen LogP contribution in [0.5, 0.6) is 0 Å². The Bertz CT molecular complexity index is 524. The molecule has 19 heavy (non-hydrogen) atoms. The number of rotatable bonds is 6. The lowest BCUT2D eigenvalue weighted by atomic mass is 10.2. The lowest BCUT2D eigenvalue weighted by Gasteiger charge is -2.09. The number of hydrogen-bond acceptors (Lipinski definition) is 3. The molecule has 1 heterocycles. The molecular weight excluding hydrogens is 340 g/mol. The smallest absolute Gasteiger partial charge is 0.0682 e. The summed E-state index contributed by atoms with van der Waals surface area (Å²) < 4.78 is 1.08.